The number of hydrogen-bond donors (Lipinski definition) is 3. The van der Waals surface area contributed by atoms with Gasteiger partial charge in [-0.05, 0) is 44.0 Å². The minimum atomic E-state index is -1.60. The van der Waals surface area contributed by atoms with Crippen molar-refractivity contribution in [1.29, 1.82) is 0 Å². The molecule has 29 heavy (non-hydrogen) atoms. The summed E-state index contributed by atoms with van der Waals surface area (Å²) in [5.41, 5.74) is 7.93. The molecule has 0 spiro atoms. The van der Waals surface area contributed by atoms with Crippen LogP contribution in [0.5, 0.6) is 5.75 Å². The first-order valence-corrected chi connectivity index (χ1v) is 10.5. The molecule has 1 amide bonds. The summed E-state index contributed by atoms with van der Waals surface area (Å²) in [4.78, 5) is 16.9. The normalized spacial score (nSPS) is 15.7. The Hall–Kier alpha value is -2.94. The van der Waals surface area contributed by atoms with Gasteiger partial charge in [0, 0.05) is 17.5 Å². The van der Waals surface area contributed by atoms with Crippen molar-refractivity contribution in [2.24, 2.45) is 10.1 Å². The largest absolute Gasteiger partial charge is 0.490 e. The highest BCUT2D eigenvalue weighted by Gasteiger charge is 2.31. The van der Waals surface area contributed by atoms with Gasteiger partial charge in [0.05, 0.1) is 16.8 Å². The van der Waals surface area contributed by atoms with E-state index < -0.39 is 16.7 Å². The fourth-order valence-electron chi connectivity index (χ4n) is 3.14. The third-order valence-corrected chi connectivity index (χ3v) is 5.81. The molecule has 1 atom stereocenters. The monoisotopic (exact) mass is 415 g/mol. The lowest BCUT2D eigenvalue weighted by Crippen LogP contribution is -2.52. The van der Waals surface area contributed by atoms with Gasteiger partial charge in [-0.15, -0.1) is 0 Å². The first-order chi connectivity index (χ1) is 13.9. The van der Waals surface area contributed by atoms with E-state index in [0.29, 0.717) is 35.4 Å². The number of anilines is 1. The number of rotatable bonds is 7. The smallest absolute Gasteiger partial charge is 0.251 e. The van der Waals surface area contributed by atoms with Gasteiger partial charge in [-0.25, -0.2) is 4.21 Å². The van der Waals surface area contributed by atoms with E-state index in [1.165, 1.54) is 0 Å². The summed E-state index contributed by atoms with van der Waals surface area (Å²) in [6, 6.07) is 8.77. The van der Waals surface area contributed by atoms with Crippen molar-refractivity contribution in [2.75, 3.05) is 11.3 Å². The minimum Gasteiger partial charge on any atom is -0.490 e. The molecule has 3 rings (SSSR count). The number of aryl methyl sites for hydroxylation is 1. The average Bonchev–Trinajstić information content (AvgIpc) is 2.70. The summed E-state index contributed by atoms with van der Waals surface area (Å²) in [6.45, 7) is 6.11. The van der Waals surface area contributed by atoms with Crippen LogP contribution in [0.2, 0.25) is 0 Å². The molecule has 2 heterocycles. The lowest BCUT2D eigenvalue weighted by atomic mass is 9.93. The lowest BCUT2D eigenvalue weighted by molar-refractivity contribution is 0.0837. The van der Waals surface area contributed by atoms with Crippen LogP contribution in [0.3, 0.4) is 0 Å². The number of fused-ring (bicyclic) bond motifs is 1. The molecular formula is C20H25N5O3S. The number of carbonyl (C=O) groups is 1. The number of nitrogens with zero attached hydrogens (tertiary/aromatic N) is 2. The van der Waals surface area contributed by atoms with E-state index in [4.69, 9.17) is 10.5 Å². The second-order valence-electron chi connectivity index (χ2n) is 6.92. The highest BCUT2D eigenvalue weighted by molar-refractivity contribution is 7.85. The first-order valence-electron chi connectivity index (χ1n) is 9.41. The molecule has 0 saturated heterocycles. The maximum atomic E-state index is 12.8. The van der Waals surface area contributed by atoms with Gasteiger partial charge in [-0.2, -0.15) is 4.40 Å². The van der Waals surface area contributed by atoms with Crippen LogP contribution in [0.15, 0.2) is 40.9 Å². The summed E-state index contributed by atoms with van der Waals surface area (Å²) >= 11 is -1.60. The van der Waals surface area contributed by atoms with E-state index in [0.717, 1.165) is 5.69 Å². The SMILES string of the molecule is CCC(CC)(COc1cccc2c1C(N)=NS(=O)N2)NC(=O)c1ccnc(C)c1. The molecule has 4 N–H and O–H groups in total. The summed E-state index contributed by atoms with van der Waals surface area (Å²) in [5, 5.41) is 3.12. The number of aromatic nitrogens is 1. The van der Waals surface area contributed by atoms with Crippen molar-refractivity contribution in [3.8, 4) is 5.75 Å². The number of hydrogen-bond acceptors (Lipinski definition) is 5. The second-order valence-corrected chi connectivity index (χ2v) is 7.81. The van der Waals surface area contributed by atoms with Gasteiger partial charge >= 0.3 is 0 Å². The van der Waals surface area contributed by atoms with Crippen LogP contribution in [0.1, 0.15) is 48.3 Å². The van der Waals surface area contributed by atoms with Gasteiger partial charge in [-0.1, -0.05) is 19.9 Å². The number of pyridine rings is 1. The van der Waals surface area contributed by atoms with Crippen molar-refractivity contribution in [3.63, 3.8) is 0 Å². The van der Waals surface area contributed by atoms with Crippen LogP contribution < -0.4 is 20.5 Å². The maximum Gasteiger partial charge on any atom is 0.251 e. The van der Waals surface area contributed by atoms with Crippen LogP contribution in [0.4, 0.5) is 5.69 Å². The van der Waals surface area contributed by atoms with Gasteiger partial charge in [0.15, 0.2) is 0 Å². The van der Waals surface area contributed by atoms with Crippen LogP contribution >= 0.6 is 0 Å². The molecule has 154 valence electrons. The van der Waals surface area contributed by atoms with Gasteiger partial charge in [0.2, 0.25) is 11.2 Å². The van der Waals surface area contributed by atoms with Crippen molar-refractivity contribution < 1.29 is 13.7 Å². The number of nitrogens with one attached hydrogen (secondary N) is 2. The summed E-state index contributed by atoms with van der Waals surface area (Å²) in [7, 11) is 0. The van der Waals surface area contributed by atoms with E-state index in [1.54, 1.807) is 36.5 Å². The molecule has 1 aromatic carbocycles. The Morgan fingerprint density at radius 3 is 2.76 bits per heavy atom. The molecule has 8 nitrogen and oxygen atoms in total. The zero-order valence-corrected chi connectivity index (χ0v) is 17.5. The predicted molar refractivity (Wildman–Crippen MR) is 114 cm³/mol. The van der Waals surface area contributed by atoms with Crippen LogP contribution in [-0.2, 0) is 11.2 Å². The number of benzene rings is 1. The zero-order valence-electron chi connectivity index (χ0n) is 16.7. The lowest BCUT2D eigenvalue weighted by Gasteiger charge is -2.33. The molecule has 1 aromatic heterocycles. The predicted octanol–water partition coefficient (Wildman–Crippen LogP) is 2.47. The maximum absolute atomic E-state index is 12.8. The summed E-state index contributed by atoms with van der Waals surface area (Å²) in [5.74, 6) is 0.506. The molecule has 1 aliphatic rings. The van der Waals surface area contributed by atoms with E-state index in [2.05, 4.69) is 19.4 Å². The van der Waals surface area contributed by atoms with Crippen LogP contribution in [0.25, 0.3) is 0 Å². The molecular weight excluding hydrogens is 390 g/mol. The Balaban J connectivity index is 1.80. The molecule has 1 unspecified atom stereocenters. The Morgan fingerprint density at radius 2 is 2.07 bits per heavy atom. The summed E-state index contributed by atoms with van der Waals surface area (Å²) in [6.07, 6.45) is 2.98. The quantitative estimate of drug-likeness (QED) is 0.642. The third-order valence-electron chi connectivity index (χ3n) is 5.06. The molecule has 2 aromatic rings. The van der Waals surface area contributed by atoms with Crippen molar-refractivity contribution in [2.45, 2.75) is 39.2 Å². The fraction of sp³-hybridized carbons (Fsp3) is 0.350. The number of carbonyl (C=O) groups excluding carboxylic acids is 1. The van der Waals surface area contributed by atoms with E-state index in [1.807, 2.05) is 20.8 Å². The fourth-order valence-corrected chi connectivity index (χ4v) is 3.81. The summed E-state index contributed by atoms with van der Waals surface area (Å²) < 4.78 is 24.4. The molecule has 0 aliphatic carbocycles. The molecule has 1 aliphatic heterocycles. The highest BCUT2D eigenvalue weighted by Crippen LogP contribution is 2.30. The van der Waals surface area contributed by atoms with Crippen molar-refractivity contribution >= 4 is 28.6 Å². The number of amides is 1. The minimum absolute atomic E-state index is 0.155. The Morgan fingerprint density at radius 1 is 1.31 bits per heavy atom. The zero-order chi connectivity index (χ0) is 21.0. The molecule has 0 bridgehead atoms. The average molecular weight is 416 g/mol. The van der Waals surface area contributed by atoms with Gasteiger partial charge in [-0.3, -0.25) is 14.5 Å². The first kappa shape index (κ1) is 20.8. The molecule has 0 radical (unpaired) electrons. The van der Waals surface area contributed by atoms with Gasteiger partial charge in [0.1, 0.15) is 18.2 Å². The van der Waals surface area contributed by atoms with Gasteiger partial charge in [0.25, 0.3) is 5.91 Å². The molecule has 0 fully saturated rings. The Kier molecular flexibility index (Phi) is 6.17. The van der Waals surface area contributed by atoms with Crippen molar-refractivity contribution in [1.82, 2.24) is 10.3 Å². The number of nitrogens with two attached hydrogens (primary N) is 1. The standard InChI is InChI=1S/C20H25N5O3S/c1-4-20(5-2,23-19(26)14-9-10-22-13(3)11-14)12-28-16-8-6-7-15-17(16)18(21)25-29(27)24-15/h6-11,24H,4-5,12H2,1-3H3,(H2,21,25)(H,23,26). The molecule has 9 heteroatoms. The number of ether oxygens (including phenoxy) is 1. The van der Waals surface area contributed by atoms with Crippen LogP contribution in [-0.4, -0.2) is 33.1 Å². The van der Waals surface area contributed by atoms with Crippen LogP contribution in [0, 0.1) is 6.92 Å². The van der Waals surface area contributed by atoms with E-state index >= 15 is 0 Å². The number of amidine groups is 1. The van der Waals surface area contributed by atoms with E-state index in [9.17, 15) is 9.00 Å². The third kappa shape index (κ3) is 4.56. The Bertz CT molecular complexity index is 972. The van der Waals surface area contributed by atoms with E-state index in [-0.39, 0.29) is 18.3 Å². The van der Waals surface area contributed by atoms with Crippen molar-refractivity contribution in [3.05, 3.63) is 53.3 Å². The highest BCUT2D eigenvalue weighted by atomic mass is 32.2. The van der Waals surface area contributed by atoms with Gasteiger partial charge < -0.3 is 15.8 Å². The molecule has 0 saturated carbocycles. The Labute approximate surface area is 172 Å². The topological polar surface area (TPSA) is 119 Å². The second kappa shape index (κ2) is 8.60.